The summed E-state index contributed by atoms with van der Waals surface area (Å²) in [6, 6.07) is 3.64. The number of hydrogen-bond acceptors (Lipinski definition) is 4. The van der Waals surface area contributed by atoms with Crippen molar-refractivity contribution in [2.24, 2.45) is 5.92 Å². The molecule has 6 heteroatoms. The zero-order valence-corrected chi connectivity index (χ0v) is 17.1. The standard InChI is InChI=1S/C18H27IN2O3/c1-13(2)5-6-20-7-9-21(10-8-20)18(22)14-11-16(23-3)17(24-4)12-15(14)19/h11-13H,5-10H2,1-4H3. The first-order chi connectivity index (χ1) is 11.5. The number of piperazine rings is 1. The molecular weight excluding hydrogens is 419 g/mol. The number of benzene rings is 1. The van der Waals surface area contributed by atoms with Gasteiger partial charge in [0, 0.05) is 29.7 Å². The molecule has 0 N–H and O–H groups in total. The Morgan fingerprint density at radius 2 is 1.71 bits per heavy atom. The Bertz CT molecular complexity index is 570. The first kappa shape index (κ1) is 19.3. The molecule has 24 heavy (non-hydrogen) atoms. The molecule has 0 spiro atoms. The van der Waals surface area contributed by atoms with Crippen LogP contribution in [0.3, 0.4) is 0 Å². The lowest BCUT2D eigenvalue weighted by Gasteiger charge is -2.35. The molecule has 1 fully saturated rings. The number of nitrogens with zero attached hydrogens (tertiary/aromatic N) is 2. The summed E-state index contributed by atoms with van der Waals surface area (Å²) < 4.78 is 11.5. The minimum Gasteiger partial charge on any atom is -0.493 e. The van der Waals surface area contributed by atoms with Gasteiger partial charge in [0.15, 0.2) is 11.5 Å². The molecule has 0 aliphatic carbocycles. The average Bonchev–Trinajstić information content (AvgIpc) is 2.59. The SMILES string of the molecule is COc1cc(I)c(C(=O)N2CCN(CCC(C)C)CC2)cc1OC. The van der Waals surface area contributed by atoms with Crippen molar-refractivity contribution in [3.05, 3.63) is 21.3 Å². The second kappa shape index (κ2) is 8.89. The molecule has 1 aromatic carbocycles. The van der Waals surface area contributed by atoms with E-state index in [1.54, 1.807) is 20.3 Å². The Balaban J connectivity index is 2.03. The summed E-state index contributed by atoms with van der Waals surface area (Å²) in [4.78, 5) is 17.3. The summed E-state index contributed by atoms with van der Waals surface area (Å²) in [5, 5.41) is 0. The van der Waals surface area contributed by atoms with Crippen LogP contribution in [0.5, 0.6) is 11.5 Å². The average molecular weight is 446 g/mol. The molecule has 2 rings (SSSR count). The molecule has 0 aromatic heterocycles. The number of rotatable bonds is 6. The summed E-state index contributed by atoms with van der Waals surface area (Å²) in [7, 11) is 3.19. The van der Waals surface area contributed by atoms with Crippen molar-refractivity contribution in [3.8, 4) is 11.5 Å². The van der Waals surface area contributed by atoms with Crippen molar-refractivity contribution in [2.45, 2.75) is 20.3 Å². The van der Waals surface area contributed by atoms with Gasteiger partial charge in [0.1, 0.15) is 0 Å². The Hall–Kier alpha value is -1.02. The van der Waals surface area contributed by atoms with E-state index in [9.17, 15) is 4.79 Å². The highest BCUT2D eigenvalue weighted by molar-refractivity contribution is 14.1. The van der Waals surface area contributed by atoms with Gasteiger partial charge in [-0.2, -0.15) is 0 Å². The molecule has 1 aliphatic rings. The van der Waals surface area contributed by atoms with E-state index in [4.69, 9.17) is 9.47 Å². The van der Waals surface area contributed by atoms with E-state index in [-0.39, 0.29) is 5.91 Å². The number of carbonyl (C=O) groups excluding carboxylic acids is 1. The van der Waals surface area contributed by atoms with Crippen LogP contribution in [0.1, 0.15) is 30.6 Å². The maximum Gasteiger partial charge on any atom is 0.255 e. The maximum absolute atomic E-state index is 12.9. The lowest BCUT2D eigenvalue weighted by molar-refractivity contribution is 0.0630. The lowest BCUT2D eigenvalue weighted by atomic mass is 10.1. The molecule has 1 aliphatic heterocycles. The fourth-order valence-corrected chi connectivity index (χ4v) is 3.47. The molecule has 1 heterocycles. The molecule has 0 unspecified atom stereocenters. The normalized spacial score (nSPS) is 15.7. The van der Waals surface area contributed by atoms with Crippen LogP contribution in [0, 0.1) is 9.49 Å². The summed E-state index contributed by atoms with van der Waals surface area (Å²) >= 11 is 2.18. The van der Waals surface area contributed by atoms with Crippen LogP contribution < -0.4 is 9.47 Å². The van der Waals surface area contributed by atoms with Gasteiger partial charge in [0.2, 0.25) is 0 Å². The molecule has 1 amide bonds. The van der Waals surface area contributed by atoms with E-state index in [1.807, 2.05) is 11.0 Å². The molecule has 1 saturated heterocycles. The fraction of sp³-hybridized carbons (Fsp3) is 0.611. The van der Waals surface area contributed by atoms with Gasteiger partial charge < -0.3 is 14.4 Å². The van der Waals surface area contributed by atoms with Crippen LogP contribution >= 0.6 is 22.6 Å². The molecule has 0 saturated carbocycles. The number of ether oxygens (including phenoxy) is 2. The van der Waals surface area contributed by atoms with E-state index >= 15 is 0 Å². The zero-order valence-electron chi connectivity index (χ0n) is 15.0. The summed E-state index contributed by atoms with van der Waals surface area (Å²) in [6.07, 6.45) is 1.21. The van der Waals surface area contributed by atoms with Crippen LogP contribution in [0.2, 0.25) is 0 Å². The number of amides is 1. The van der Waals surface area contributed by atoms with Crippen molar-refractivity contribution in [2.75, 3.05) is 46.9 Å². The summed E-state index contributed by atoms with van der Waals surface area (Å²) in [5.74, 6) is 2.04. The van der Waals surface area contributed by atoms with Gasteiger partial charge in [-0.25, -0.2) is 0 Å². The minimum atomic E-state index is 0.0730. The van der Waals surface area contributed by atoms with Crippen molar-refractivity contribution >= 4 is 28.5 Å². The highest BCUT2D eigenvalue weighted by Gasteiger charge is 2.24. The molecule has 5 nitrogen and oxygen atoms in total. The van der Waals surface area contributed by atoms with Gasteiger partial charge in [-0.05, 0) is 53.6 Å². The third-order valence-corrected chi connectivity index (χ3v) is 5.28. The van der Waals surface area contributed by atoms with Gasteiger partial charge >= 0.3 is 0 Å². The van der Waals surface area contributed by atoms with Gasteiger partial charge in [-0.1, -0.05) is 13.8 Å². The number of carbonyl (C=O) groups is 1. The van der Waals surface area contributed by atoms with Crippen LogP contribution in [0.15, 0.2) is 12.1 Å². The predicted molar refractivity (Wildman–Crippen MR) is 104 cm³/mol. The highest BCUT2D eigenvalue weighted by Crippen LogP contribution is 2.32. The fourth-order valence-electron chi connectivity index (χ4n) is 2.80. The predicted octanol–water partition coefficient (Wildman–Crippen LogP) is 3.11. The van der Waals surface area contributed by atoms with E-state index in [0.29, 0.717) is 17.1 Å². The second-order valence-corrected chi connectivity index (χ2v) is 7.67. The Labute approximate surface area is 158 Å². The van der Waals surface area contributed by atoms with Crippen molar-refractivity contribution in [1.82, 2.24) is 9.80 Å². The van der Waals surface area contributed by atoms with Gasteiger partial charge in [0.05, 0.1) is 19.8 Å². The van der Waals surface area contributed by atoms with Gasteiger partial charge in [0.25, 0.3) is 5.91 Å². The molecule has 0 radical (unpaired) electrons. The lowest BCUT2D eigenvalue weighted by Crippen LogP contribution is -2.49. The van der Waals surface area contributed by atoms with Crippen LogP contribution in [0.4, 0.5) is 0 Å². The smallest absolute Gasteiger partial charge is 0.255 e. The third-order valence-electron chi connectivity index (χ3n) is 4.39. The zero-order chi connectivity index (χ0) is 17.7. The van der Waals surface area contributed by atoms with Crippen molar-refractivity contribution in [3.63, 3.8) is 0 Å². The van der Waals surface area contributed by atoms with Crippen LogP contribution in [0.25, 0.3) is 0 Å². The number of halogens is 1. The first-order valence-electron chi connectivity index (χ1n) is 8.39. The van der Waals surface area contributed by atoms with Crippen LogP contribution in [-0.2, 0) is 0 Å². The molecule has 1 aromatic rings. The Kier molecular flexibility index (Phi) is 7.16. The molecule has 0 bridgehead atoms. The van der Waals surface area contributed by atoms with E-state index in [2.05, 4.69) is 41.3 Å². The monoisotopic (exact) mass is 446 g/mol. The Morgan fingerprint density at radius 1 is 1.12 bits per heavy atom. The van der Waals surface area contributed by atoms with E-state index < -0.39 is 0 Å². The largest absolute Gasteiger partial charge is 0.493 e. The Morgan fingerprint density at radius 3 is 2.25 bits per heavy atom. The summed E-state index contributed by atoms with van der Waals surface area (Å²) in [5.41, 5.74) is 0.684. The third kappa shape index (κ3) is 4.75. The maximum atomic E-state index is 12.9. The first-order valence-corrected chi connectivity index (χ1v) is 9.47. The van der Waals surface area contributed by atoms with E-state index in [1.165, 1.54) is 6.42 Å². The van der Waals surface area contributed by atoms with Gasteiger partial charge in [-0.3, -0.25) is 9.69 Å². The number of hydrogen-bond donors (Lipinski definition) is 0. The molecular formula is C18H27IN2O3. The molecule has 0 atom stereocenters. The van der Waals surface area contributed by atoms with Crippen molar-refractivity contribution in [1.29, 1.82) is 0 Å². The second-order valence-electron chi connectivity index (χ2n) is 6.50. The topological polar surface area (TPSA) is 42.0 Å². The number of methoxy groups -OCH3 is 2. The molecule has 134 valence electrons. The van der Waals surface area contributed by atoms with Crippen molar-refractivity contribution < 1.29 is 14.3 Å². The quantitative estimate of drug-likeness (QED) is 0.630. The minimum absolute atomic E-state index is 0.0730. The van der Waals surface area contributed by atoms with Gasteiger partial charge in [-0.15, -0.1) is 0 Å². The van der Waals surface area contributed by atoms with Crippen LogP contribution in [-0.4, -0.2) is 62.7 Å². The summed E-state index contributed by atoms with van der Waals surface area (Å²) in [6.45, 7) is 9.07. The highest BCUT2D eigenvalue weighted by atomic mass is 127. The van der Waals surface area contributed by atoms with E-state index in [0.717, 1.165) is 42.2 Å².